The molecule has 1 aliphatic heterocycles. The van der Waals surface area contributed by atoms with E-state index in [1.807, 2.05) is 0 Å². The molecular formula is C15H20ClNO2. The van der Waals surface area contributed by atoms with Crippen LogP contribution in [0.25, 0.3) is 0 Å². The van der Waals surface area contributed by atoms with Crippen molar-refractivity contribution in [2.24, 2.45) is 5.41 Å². The Kier molecular flexibility index (Phi) is 4.48. The molecule has 1 unspecified atom stereocenters. The predicted octanol–water partition coefficient (Wildman–Crippen LogP) is 3.31. The van der Waals surface area contributed by atoms with E-state index >= 15 is 0 Å². The van der Waals surface area contributed by atoms with Gasteiger partial charge in [-0.15, -0.1) is 0 Å². The van der Waals surface area contributed by atoms with E-state index in [1.54, 1.807) is 25.3 Å². The van der Waals surface area contributed by atoms with Gasteiger partial charge >= 0.3 is 0 Å². The second-order valence-corrected chi connectivity index (χ2v) is 5.57. The average molecular weight is 282 g/mol. The van der Waals surface area contributed by atoms with Gasteiger partial charge in [0, 0.05) is 17.0 Å². The van der Waals surface area contributed by atoms with E-state index in [0.29, 0.717) is 16.3 Å². The number of benzene rings is 1. The Bertz CT molecular complexity index is 467. The number of nitrogens with one attached hydrogen (secondary N) is 1. The predicted molar refractivity (Wildman–Crippen MR) is 77.2 cm³/mol. The largest absolute Gasteiger partial charge is 0.496 e. The normalized spacial score (nSPS) is 22.5. The number of ketones is 1. The molecule has 1 aromatic carbocycles. The lowest BCUT2D eigenvalue weighted by Crippen LogP contribution is -2.33. The summed E-state index contributed by atoms with van der Waals surface area (Å²) >= 11 is 6.02. The third-order valence-corrected chi connectivity index (χ3v) is 4.10. The Morgan fingerprint density at radius 3 is 2.89 bits per heavy atom. The topological polar surface area (TPSA) is 38.3 Å². The molecule has 2 rings (SSSR count). The highest BCUT2D eigenvalue weighted by atomic mass is 35.5. The number of halogens is 1. The molecule has 0 aromatic heterocycles. The monoisotopic (exact) mass is 281 g/mol. The lowest BCUT2D eigenvalue weighted by molar-refractivity contribution is 0.0798. The van der Waals surface area contributed by atoms with Gasteiger partial charge in [0.1, 0.15) is 5.75 Å². The van der Waals surface area contributed by atoms with Gasteiger partial charge in [0.25, 0.3) is 0 Å². The fourth-order valence-electron chi connectivity index (χ4n) is 2.89. The second-order valence-electron chi connectivity index (χ2n) is 5.13. The number of ether oxygens (including phenoxy) is 1. The van der Waals surface area contributed by atoms with Crippen LogP contribution in [0.2, 0.25) is 5.02 Å². The zero-order chi connectivity index (χ0) is 13.9. The Hall–Kier alpha value is -1.06. The summed E-state index contributed by atoms with van der Waals surface area (Å²) in [7, 11) is 1.58. The van der Waals surface area contributed by atoms with Crippen LogP contribution in [0, 0.1) is 5.41 Å². The number of methoxy groups -OCH3 is 1. The molecule has 0 amide bonds. The van der Waals surface area contributed by atoms with Crippen molar-refractivity contribution in [1.29, 1.82) is 0 Å². The number of Topliss-reactive ketones (excluding diaryl/α,β-unsaturated/α-hetero) is 1. The molecule has 4 heteroatoms. The highest BCUT2D eigenvalue weighted by molar-refractivity contribution is 6.31. The van der Waals surface area contributed by atoms with E-state index in [4.69, 9.17) is 16.3 Å². The first kappa shape index (κ1) is 14.4. The Morgan fingerprint density at radius 2 is 2.32 bits per heavy atom. The SMILES string of the molecule is CCCC1(C(=O)c2cc(Cl)ccc2OC)CCNC1. The summed E-state index contributed by atoms with van der Waals surface area (Å²) in [5, 5.41) is 3.88. The molecule has 1 N–H and O–H groups in total. The first-order chi connectivity index (χ1) is 9.13. The fourth-order valence-corrected chi connectivity index (χ4v) is 3.06. The molecule has 0 spiro atoms. The van der Waals surface area contributed by atoms with Gasteiger partial charge in [0.15, 0.2) is 5.78 Å². The minimum atomic E-state index is -0.299. The molecule has 1 heterocycles. The van der Waals surface area contributed by atoms with Crippen LogP contribution in [-0.4, -0.2) is 26.0 Å². The third kappa shape index (κ3) is 2.77. The molecule has 1 saturated heterocycles. The fraction of sp³-hybridized carbons (Fsp3) is 0.533. The van der Waals surface area contributed by atoms with Crippen LogP contribution in [0.5, 0.6) is 5.75 Å². The first-order valence-corrected chi connectivity index (χ1v) is 7.10. The van der Waals surface area contributed by atoms with Crippen molar-refractivity contribution in [3.63, 3.8) is 0 Å². The van der Waals surface area contributed by atoms with Gasteiger partial charge in [-0.2, -0.15) is 0 Å². The van der Waals surface area contributed by atoms with E-state index in [2.05, 4.69) is 12.2 Å². The van der Waals surface area contributed by atoms with Gasteiger partial charge in [-0.3, -0.25) is 4.79 Å². The van der Waals surface area contributed by atoms with Crippen LogP contribution in [0.1, 0.15) is 36.5 Å². The Labute approximate surface area is 119 Å². The lowest BCUT2D eigenvalue weighted by atomic mass is 9.76. The van der Waals surface area contributed by atoms with Crippen molar-refractivity contribution in [3.05, 3.63) is 28.8 Å². The molecule has 0 saturated carbocycles. The van der Waals surface area contributed by atoms with Crippen LogP contribution in [0.3, 0.4) is 0 Å². The van der Waals surface area contributed by atoms with Gasteiger partial charge in [-0.25, -0.2) is 0 Å². The molecule has 3 nitrogen and oxygen atoms in total. The molecule has 104 valence electrons. The van der Waals surface area contributed by atoms with E-state index < -0.39 is 0 Å². The van der Waals surface area contributed by atoms with Crippen molar-refractivity contribution in [2.45, 2.75) is 26.2 Å². The first-order valence-electron chi connectivity index (χ1n) is 6.72. The van der Waals surface area contributed by atoms with E-state index in [1.165, 1.54) is 0 Å². The highest BCUT2D eigenvalue weighted by Gasteiger charge is 2.41. The Balaban J connectivity index is 2.39. The van der Waals surface area contributed by atoms with Crippen LogP contribution in [0.15, 0.2) is 18.2 Å². The maximum Gasteiger partial charge on any atom is 0.174 e. The molecule has 1 aliphatic rings. The number of hydrogen-bond donors (Lipinski definition) is 1. The summed E-state index contributed by atoms with van der Waals surface area (Å²) in [4.78, 5) is 12.9. The van der Waals surface area contributed by atoms with Crippen molar-refractivity contribution >= 4 is 17.4 Å². The number of rotatable bonds is 5. The van der Waals surface area contributed by atoms with Crippen molar-refractivity contribution in [1.82, 2.24) is 5.32 Å². The summed E-state index contributed by atoms with van der Waals surface area (Å²) in [6.45, 7) is 3.76. The Morgan fingerprint density at radius 1 is 1.53 bits per heavy atom. The van der Waals surface area contributed by atoms with Gasteiger partial charge < -0.3 is 10.1 Å². The van der Waals surface area contributed by atoms with Crippen molar-refractivity contribution in [2.75, 3.05) is 20.2 Å². The molecule has 1 atom stereocenters. The molecule has 1 aromatic rings. The summed E-state index contributed by atoms with van der Waals surface area (Å²) < 4.78 is 5.30. The van der Waals surface area contributed by atoms with Crippen molar-refractivity contribution < 1.29 is 9.53 Å². The summed E-state index contributed by atoms with van der Waals surface area (Å²) in [5.41, 5.74) is 0.305. The van der Waals surface area contributed by atoms with E-state index in [0.717, 1.165) is 32.4 Å². The minimum Gasteiger partial charge on any atom is -0.496 e. The zero-order valence-corrected chi connectivity index (χ0v) is 12.2. The second kappa shape index (κ2) is 5.93. The summed E-state index contributed by atoms with van der Waals surface area (Å²) in [5.74, 6) is 0.760. The van der Waals surface area contributed by atoms with E-state index in [9.17, 15) is 4.79 Å². The molecule has 0 radical (unpaired) electrons. The van der Waals surface area contributed by atoms with Crippen molar-refractivity contribution in [3.8, 4) is 5.75 Å². The van der Waals surface area contributed by atoms with E-state index in [-0.39, 0.29) is 11.2 Å². The average Bonchev–Trinajstić information content (AvgIpc) is 2.88. The third-order valence-electron chi connectivity index (χ3n) is 3.86. The maximum absolute atomic E-state index is 12.9. The highest BCUT2D eigenvalue weighted by Crippen LogP contribution is 2.38. The van der Waals surface area contributed by atoms with Gasteiger partial charge in [0.05, 0.1) is 12.7 Å². The molecular weight excluding hydrogens is 262 g/mol. The van der Waals surface area contributed by atoms with Crippen LogP contribution in [-0.2, 0) is 0 Å². The molecule has 0 bridgehead atoms. The van der Waals surface area contributed by atoms with Gasteiger partial charge in [0.2, 0.25) is 0 Å². The van der Waals surface area contributed by atoms with Crippen LogP contribution >= 0.6 is 11.6 Å². The number of carbonyl (C=O) groups excluding carboxylic acids is 1. The van der Waals surface area contributed by atoms with Crippen LogP contribution < -0.4 is 10.1 Å². The lowest BCUT2D eigenvalue weighted by Gasteiger charge is -2.27. The van der Waals surface area contributed by atoms with Crippen LogP contribution in [0.4, 0.5) is 0 Å². The smallest absolute Gasteiger partial charge is 0.174 e. The van der Waals surface area contributed by atoms with Gasteiger partial charge in [-0.05, 0) is 37.6 Å². The maximum atomic E-state index is 12.9. The quantitative estimate of drug-likeness (QED) is 0.842. The molecule has 0 aliphatic carbocycles. The standard InChI is InChI=1S/C15H20ClNO2/c1-3-6-15(7-8-17-10-15)14(18)12-9-11(16)4-5-13(12)19-2/h4-5,9,17H,3,6-8,10H2,1-2H3. The van der Waals surface area contributed by atoms with Gasteiger partial charge in [-0.1, -0.05) is 24.9 Å². The molecule has 1 fully saturated rings. The molecule has 19 heavy (non-hydrogen) atoms. The summed E-state index contributed by atoms with van der Waals surface area (Å²) in [6, 6.07) is 5.23. The number of hydrogen-bond acceptors (Lipinski definition) is 3. The summed E-state index contributed by atoms with van der Waals surface area (Å²) in [6.07, 6.45) is 2.78. The minimum absolute atomic E-state index is 0.152. The number of carbonyl (C=O) groups is 1. The zero-order valence-electron chi connectivity index (χ0n) is 11.5.